The molecule has 20 heavy (non-hydrogen) atoms. The van der Waals surface area contributed by atoms with Crippen molar-refractivity contribution in [2.45, 2.75) is 38.3 Å². The average molecular weight is 267 g/mol. The van der Waals surface area contributed by atoms with Crippen LogP contribution < -0.4 is 5.32 Å². The van der Waals surface area contributed by atoms with Crippen LogP contribution in [0.3, 0.4) is 0 Å². The van der Waals surface area contributed by atoms with Gasteiger partial charge in [-0.25, -0.2) is 0 Å². The van der Waals surface area contributed by atoms with E-state index in [1.807, 2.05) is 10.9 Å². The number of fused-ring (bicyclic) bond motifs is 2. The fraction of sp³-hybridized carbons (Fsp3) is 0.471. The van der Waals surface area contributed by atoms with Crippen LogP contribution in [0.1, 0.15) is 31.2 Å². The first kappa shape index (κ1) is 12.0. The molecule has 0 spiro atoms. The largest absolute Gasteiger partial charge is 0.379 e. The van der Waals surface area contributed by atoms with Crippen molar-refractivity contribution < 1.29 is 0 Å². The molecule has 2 saturated carbocycles. The van der Waals surface area contributed by atoms with Gasteiger partial charge in [-0.2, -0.15) is 5.10 Å². The molecule has 0 radical (unpaired) electrons. The lowest BCUT2D eigenvalue weighted by atomic mass is 9.95. The van der Waals surface area contributed by atoms with E-state index in [4.69, 9.17) is 0 Å². The van der Waals surface area contributed by atoms with Crippen LogP contribution in [0.15, 0.2) is 42.7 Å². The van der Waals surface area contributed by atoms with E-state index in [-0.39, 0.29) is 0 Å². The number of aromatic nitrogens is 2. The summed E-state index contributed by atoms with van der Waals surface area (Å²) < 4.78 is 2.02. The van der Waals surface area contributed by atoms with Gasteiger partial charge in [-0.1, -0.05) is 36.8 Å². The third-order valence-corrected chi connectivity index (χ3v) is 4.91. The van der Waals surface area contributed by atoms with Crippen molar-refractivity contribution in [3.05, 3.63) is 48.3 Å². The Hall–Kier alpha value is -1.77. The van der Waals surface area contributed by atoms with Crippen LogP contribution in [-0.2, 0) is 6.54 Å². The van der Waals surface area contributed by atoms with Gasteiger partial charge in [0, 0.05) is 12.2 Å². The highest BCUT2D eigenvalue weighted by Gasteiger charge is 2.39. The highest BCUT2D eigenvalue weighted by molar-refractivity contribution is 5.40. The van der Waals surface area contributed by atoms with Gasteiger partial charge in [0.2, 0.25) is 0 Å². The Morgan fingerprint density at radius 1 is 1.15 bits per heavy atom. The van der Waals surface area contributed by atoms with E-state index in [0.717, 1.165) is 18.4 Å². The van der Waals surface area contributed by atoms with Crippen LogP contribution in [0.5, 0.6) is 0 Å². The van der Waals surface area contributed by atoms with Crippen LogP contribution in [-0.4, -0.2) is 15.8 Å². The maximum atomic E-state index is 4.47. The number of hydrogen-bond donors (Lipinski definition) is 1. The number of hydrogen-bond acceptors (Lipinski definition) is 2. The minimum atomic E-state index is 0.683. The number of benzene rings is 1. The van der Waals surface area contributed by atoms with E-state index in [0.29, 0.717) is 6.04 Å². The molecule has 104 valence electrons. The maximum Gasteiger partial charge on any atom is 0.0728 e. The summed E-state index contributed by atoms with van der Waals surface area (Å²) in [4.78, 5) is 0. The summed E-state index contributed by atoms with van der Waals surface area (Å²) in [5, 5.41) is 8.16. The predicted molar refractivity (Wildman–Crippen MR) is 80.6 cm³/mol. The van der Waals surface area contributed by atoms with E-state index >= 15 is 0 Å². The van der Waals surface area contributed by atoms with Gasteiger partial charge in [-0.05, 0) is 36.7 Å². The molecule has 3 atom stereocenters. The molecule has 1 heterocycles. The van der Waals surface area contributed by atoms with Crippen LogP contribution in [0, 0.1) is 11.8 Å². The van der Waals surface area contributed by atoms with Crippen molar-refractivity contribution in [2.75, 3.05) is 5.32 Å². The van der Waals surface area contributed by atoms with Crippen molar-refractivity contribution in [3.63, 3.8) is 0 Å². The third kappa shape index (κ3) is 2.33. The molecule has 4 rings (SSSR count). The monoisotopic (exact) mass is 267 g/mol. The zero-order valence-electron chi connectivity index (χ0n) is 11.7. The summed E-state index contributed by atoms with van der Waals surface area (Å²) in [6.07, 6.45) is 9.77. The fourth-order valence-electron chi connectivity index (χ4n) is 3.93. The zero-order valence-corrected chi connectivity index (χ0v) is 11.7. The average Bonchev–Trinajstić information content (AvgIpc) is 3.17. The minimum Gasteiger partial charge on any atom is -0.379 e. The fourth-order valence-corrected chi connectivity index (χ4v) is 3.93. The molecule has 1 aromatic heterocycles. The summed E-state index contributed by atoms with van der Waals surface area (Å²) >= 11 is 0. The number of rotatable bonds is 4. The van der Waals surface area contributed by atoms with Gasteiger partial charge < -0.3 is 5.32 Å². The first-order chi connectivity index (χ1) is 9.87. The van der Waals surface area contributed by atoms with Crippen LogP contribution in [0.2, 0.25) is 0 Å². The number of nitrogens with zero attached hydrogens (tertiary/aromatic N) is 2. The molecule has 0 saturated heterocycles. The summed E-state index contributed by atoms with van der Waals surface area (Å²) in [6, 6.07) is 11.2. The summed E-state index contributed by atoms with van der Waals surface area (Å²) in [5.74, 6) is 1.88. The zero-order chi connectivity index (χ0) is 13.4. The molecule has 3 unspecified atom stereocenters. The quantitative estimate of drug-likeness (QED) is 0.918. The Kier molecular flexibility index (Phi) is 2.98. The van der Waals surface area contributed by atoms with Crippen LogP contribution in [0.4, 0.5) is 5.69 Å². The molecule has 3 nitrogen and oxygen atoms in total. The highest BCUT2D eigenvalue weighted by atomic mass is 15.3. The maximum absolute atomic E-state index is 4.47. The molecule has 0 amide bonds. The first-order valence-corrected chi connectivity index (χ1v) is 7.70. The van der Waals surface area contributed by atoms with E-state index in [1.54, 1.807) is 0 Å². The molecule has 1 N–H and O–H groups in total. The Labute approximate surface area is 120 Å². The molecule has 0 aliphatic heterocycles. The Bertz CT molecular complexity index is 575. The first-order valence-electron chi connectivity index (χ1n) is 7.70. The summed E-state index contributed by atoms with van der Waals surface area (Å²) in [5.41, 5.74) is 2.47. The predicted octanol–water partition coefficient (Wildman–Crippen LogP) is 3.53. The molecular weight excluding hydrogens is 246 g/mol. The second-order valence-corrected chi connectivity index (χ2v) is 6.34. The standard InChI is InChI=1S/C17H21N3/c1-2-4-13(5-3-1)11-20-12-16(10-18-20)19-17-9-14-6-7-15(17)8-14/h1-5,10,12,14-15,17,19H,6-9,11H2. The van der Waals surface area contributed by atoms with Crippen molar-refractivity contribution in [3.8, 4) is 0 Å². The molecule has 1 aromatic carbocycles. The van der Waals surface area contributed by atoms with Gasteiger partial charge in [0.15, 0.2) is 0 Å². The van der Waals surface area contributed by atoms with Gasteiger partial charge in [0.05, 0.1) is 18.4 Å². The molecule has 2 bridgehead atoms. The normalized spacial score (nSPS) is 27.9. The van der Waals surface area contributed by atoms with Crippen molar-refractivity contribution in [1.29, 1.82) is 0 Å². The molecule has 3 heteroatoms. The SMILES string of the molecule is c1ccc(Cn2cc(NC3CC4CCC3C4)cn2)cc1. The topological polar surface area (TPSA) is 29.9 Å². The highest BCUT2D eigenvalue weighted by Crippen LogP contribution is 2.45. The van der Waals surface area contributed by atoms with Gasteiger partial charge in [0.1, 0.15) is 0 Å². The van der Waals surface area contributed by atoms with E-state index in [9.17, 15) is 0 Å². The summed E-state index contributed by atoms with van der Waals surface area (Å²) in [6.45, 7) is 0.846. The van der Waals surface area contributed by atoms with E-state index in [2.05, 4.69) is 46.9 Å². The second kappa shape index (κ2) is 4.97. The summed E-state index contributed by atoms with van der Waals surface area (Å²) in [7, 11) is 0. The molecule has 2 aliphatic rings. The van der Waals surface area contributed by atoms with Gasteiger partial charge >= 0.3 is 0 Å². The van der Waals surface area contributed by atoms with Crippen molar-refractivity contribution in [2.24, 2.45) is 11.8 Å². The number of anilines is 1. The van der Waals surface area contributed by atoms with Gasteiger partial charge in [0.25, 0.3) is 0 Å². The molecule has 2 aromatic rings. The molecule has 2 fully saturated rings. The Morgan fingerprint density at radius 3 is 2.80 bits per heavy atom. The van der Waals surface area contributed by atoms with Gasteiger partial charge in [-0.3, -0.25) is 4.68 Å². The Balaban J connectivity index is 1.41. The smallest absolute Gasteiger partial charge is 0.0728 e. The van der Waals surface area contributed by atoms with Crippen molar-refractivity contribution in [1.82, 2.24) is 9.78 Å². The number of nitrogens with one attached hydrogen (secondary N) is 1. The Morgan fingerprint density at radius 2 is 2.05 bits per heavy atom. The lowest BCUT2D eigenvalue weighted by molar-refractivity contribution is 0.440. The molecular formula is C17H21N3. The van der Waals surface area contributed by atoms with E-state index < -0.39 is 0 Å². The lowest BCUT2D eigenvalue weighted by Crippen LogP contribution is -2.25. The van der Waals surface area contributed by atoms with Crippen molar-refractivity contribution >= 4 is 5.69 Å². The minimum absolute atomic E-state index is 0.683. The van der Waals surface area contributed by atoms with Crippen LogP contribution in [0.25, 0.3) is 0 Å². The third-order valence-electron chi connectivity index (χ3n) is 4.91. The van der Waals surface area contributed by atoms with Gasteiger partial charge in [-0.15, -0.1) is 0 Å². The van der Waals surface area contributed by atoms with E-state index in [1.165, 1.54) is 36.9 Å². The lowest BCUT2D eigenvalue weighted by Gasteiger charge is -2.22. The molecule has 2 aliphatic carbocycles. The van der Waals surface area contributed by atoms with Crippen LogP contribution >= 0.6 is 0 Å². The second-order valence-electron chi connectivity index (χ2n) is 6.34.